The van der Waals surface area contributed by atoms with Gasteiger partial charge in [0, 0.05) is 5.25 Å². The molecular formula is C21H43NaO4S. The van der Waals surface area contributed by atoms with E-state index >= 15 is 0 Å². The topological polar surface area (TPSA) is 77.4 Å². The minimum absolute atomic E-state index is 0. The van der Waals surface area contributed by atoms with Crippen molar-refractivity contribution in [2.24, 2.45) is 0 Å². The van der Waals surface area contributed by atoms with Crippen LogP contribution in [0.1, 0.15) is 123 Å². The van der Waals surface area contributed by atoms with E-state index < -0.39 is 15.4 Å². The normalized spacial score (nSPS) is 13.9. The number of aliphatic hydroxyl groups excluding tert-OH is 1. The van der Waals surface area contributed by atoms with Crippen LogP contribution < -0.4 is 29.6 Å². The van der Waals surface area contributed by atoms with Gasteiger partial charge >= 0.3 is 29.6 Å². The van der Waals surface area contributed by atoms with Gasteiger partial charge in [-0.25, -0.2) is 8.42 Å². The van der Waals surface area contributed by atoms with E-state index in [0.29, 0.717) is 12.8 Å². The summed E-state index contributed by atoms with van der Waals surface area (Å²) in [4.78, 5) is 0. The van der Waals surface area contributed by atoms with Gasteiger partial charge in [-0.15, -0.1) is 0 Å². The molecule has 1 N–H and O–H groups in total. The third-order valence-corrected chi connectivity index (χ3v) is 6.53. The Bertz CT molecular complexity index is 401. The van der Waals surface area contributed by atoms with Crippen LogP contribution in [0.3, 0.4) is 0 Å². The van der Waals surface area contributed by atoms with Crippen LogP contribution >= 0.6 is 0 Å². The summed E-state index contributed by atoms with van der Waals surface area (Å²) in [6.07, 6.45) is 16.5. The fraction of sp³-hybridized carbons (Fsp3) is 1.00. The molecule has 0 aliphatic rings. The minimum atomic E-state index is -4.16. The molecule has 0 rings (SSSR count). The summed E-state index contributed by atoms with van der Waals surface area (Å²) in [5, 5.41) is 9.10. The summed E-state index contributed by atoms with van der Waals surface area (Å²) >= 11 is 0. The molecule has 0 bridgehead atoms. The quantitative estimate of drug-likeness (QED) is 0.200. The van der Waals surface area contributed by atoms with Gasteiger partial charge in [0.15, 0.2) is 0 Å². The van der Waals surface area contributed by atoms with Crippen molar-refractivity contribution in [1.82, 2.24) is 0 Å². The average molecular weight is 415 g/mol. The first-order valence-corrected chi connectivity index (χ1v) is 12.5. The smallest absolute Gasteiger partial charge is 0.748 e. The standard InChI is InChI=1S/C21H44O4S.Na/c1-3-5-7-8-11-14-18-21(26(23,24)25)19-15-12-9-10-13-17-20(22)16-6-4-2;/h20-22H,3-19H2,1-2H3,(H,23,24,25);/q;+1/p-1. The van der Waals surface area contributed by atoms with Crippen LogP contribution in [0, 0.1) is 0 Å². The number of rotatable bonds is 19. The maximum Gasteiger partial charge on any atom is 1.00 e. The zero-order valence-corrected chi connectivity index (χ0v) is 21.1. The molecule has 0 saturated carbocycles. The van der Waals surface area contributed by atoms with E-state index in [0.717, 1.165) is 77.0 Å². The molecule has 0 aliphatic heterocycles. The molecule has 0 aromatic carbocycles. The van der Waals surface area contributed by atoms with Gasteiger partial charge in [0.2, 0.25) is 0 Å². The summed E-state index contributed by atoms with van der Waals surface area (Å²) in [7, 11) is -4.16. The van der Waals surface area contributed by atoms with E-state index in [4.69, 9.17) is 0 Å². The molecule has 158 valence electrons. The van der Waals surface area contributed by atoms with Crippen LogP contribution in [-0.4, -0.2) is 29.4 Å². The van der Waals surface area contributed by atoms with Gasteiger partial charge in [-0.1, -0.05) is 97.3 Å². The Kier molecular flexibility index (Phi) is 22.4. The van der Waals surface area contributed by atoms with Gasteiger partial charge in [-0.05, 0) is 25.7 Å². The predicted octanol–water partition coefficient (Wildman–Crippen LogP) is 2.94. The Hall–Kier alpha value is 0.870. The summed E-state index contributed by atoms with van der Waals surface area (Å²) < 4.78 is 34.3. The SMILES string of the molecule is CCCCCCCCC(CCCCCCCC(O)CCCC)S(=O)(=O)[O-].[Na+]. The Morgan fingerprint density at radius 1 is 0.667 bits per heavy atom. The first-order valence-electron chi connectivity index (χ1n) is 11.0. The van der Waals surface area contributed by atoms with Crippen molar-refractivity contribution in [3.8, 4) is 0 Å². The van der Waals surface area contributed by atoms with E-state index in [2.05, 4.69) is 13.8 Å². The third kappa shape index (κ3) is 19.9. The van der Waals surface area contributed by atoms with Gasteiger partial charge < -0.3 is 9.66 Å². The van der Waals surface area contributed by atoms with E-state index in [-0.39, 0.29) is 35.7 Å². The van der Waals surface area contributed by atoms with Crippen molar-refractivity contribution >= 4 is 10.1 Å². The third-order valence-electron chi connectivity index (χ3n) is 5.24. The number of aliphatic hydroxyl groups is 1. The monoisotopic (exact) mass is 414 g/mol. The van der Waals surface area contributed by atoms with Crippen LogP contribution in [0.15, 0.2) is 0 Å². The first kappa shape index (κ1) is 30.1. The Morgan fingerprint density at radius 2 is 1.04 bits per heavy atom. The van der Waals surface area contributed by atoms with Crippen LogP contribution in [0.2, 0.25) is 0 Å². The van der Waals surface area contributed by atoms with E-state index in [1.165, 1.54) is 19.3 Å². The Balaban J connectivity index is 0. The molecule has 2 atom stereocenters. The van der Waals surface area contributed by atoms with Crippen molar-refractivity contribution in [3.05, 3.63) is 0 Å². The Labute approximate surface area is 191 Å². The van der Waals surface area contributed by atoms with Crippen molar-refractivity contribution in [3.63, 3.8) is 0 Å². The molecule has 2 unspecified atom stereocenters. The average Bonchev–Trinajstić information content (AvgIpc) is 2.59. The fourth-order valence-corrected chi connectivity index (χ4v) is 4.36. The van der Waals surface area contributed by atoms with Gasteiger partial charge in [0.05, 0.1) is 16.2 Å². The molecular weight excluding hydrogens is 371 g/mol. The molecule has 27 heavy (non-hydrogen) atoms. The second-order valence-corrected chi connectivity index (χ2v) is 9.46. The second kappa shape index (κ2) is 20.2. The second-order valence-electron chi connectivity index (χ2n) is 7.81. The van der Waals surface area contributed by atoms with Gasteiger partial charge in [0.1, 0.15) is 0 Å². The minimum Gasteiger partial charge on any atom is -0.748 e. The number of hydrogen-bond acceptors (Lipinski definition) is 4. The molecule has 0 heterocycles. The molecule has 0 spiro atoms. The van der Waals surface area contributed by atoms with Gasteiger partial charge in [-0.3, -0.25) is 0 Å². The van der Waals surface area contributed by atoms with E-state index in [1.807, 2.05) is 0 Å². The molecule has 0 aromatic rings. The van der Waals surface area contributed by atoms with E-state index in [1.54, 1.807) is 0 Å². The summed E-state index contributed by atoms with van der Waals surface area (Å²) in [6.45, 7) is 4.31. The van der Waals surface area contributed by atoms with Crippen molar-refractivity contribution < 1.29 is 47.6 Å². The van der Waals surface area contributed by atoms with Crippen LogP contribution in [0.4, 0.5) is 0 Å². The summed E-state index contributed by atoms with van der Waals surface area (Å²) in [5.74, 6) is 0. The zero-order valence-electron chi connectivity index (χ0n) is 18.3. The van der Waals surface area contributed by atoms with Crippen LogP contribution in [-0.2, 0) is 10.1 Å². The maximum absolute atomic E-state index is 11.4. The van der Waals surface area contributed by atoms with Gasteiger partial charge in [0.25, 0.3) is 0 Å². The molecule has 4 nitrogen and oxygen atoms in total. The first-order chi connectivity index (χ1) is 12.4. The molecule has 0 saturated heterocycles. The van der Waals surface area contributed by atoms with Gasteiger partial charge in [-0.2, -0.15) is 0 Å². The molecule has 0 aromatic heterocycles. The van der Waals surface area contributed by atoms with E-state index in [9.17, 15) is 18.1 Å². The van der Waals surface area contributed by atoms with Crippen LogP contribution in [0.25, 0.3) is 0 Å². The predicted molar refractivity (Wildman–Crippen MR) is 109 cm³/mol. The number of hydrogen-bond donors (Lipinski definition) is 1. The zero-order chi connectivity index (χ0) is 19.7. The van der Waals surface area contributed by atoms with Crippen molar-refractivity contribution in [2.75, 3.05) is 0 Å². The molecule has 6 heteroatoms. The molecule has 0 radical (unpaired) electrons. The Morgan fingerprint density at radius 3 is 1.48 bits per heavy atom. The number of unbranched alkanes of at least 4 members (excludes halogenated alkanes) is 10. The largest absolute Gasteiger partial charge is 1.00 e. The molecule has 0 amide bonds. The van der Waals surface area contributed by atoms with Crippen molar-refractivity contribution in [2.45, 2.75) is 134 Å². The molecule has 0 aliphatic carbocycles. The maximum atomic E-state index is 11.4. The van der Waals surface area contributed by atoms with Crippen LogP contribution in [0.5, 0.6) is 0 Å². The van der Waals surface area contributed by atoms with Crippen molar-refractivity contribution in [1.29, 1.82) is 0 Å². The fourth-order valence-electron chi connectivity index (χ4n) is 3.45. The molecule has 0 fully saturated rings. The summed E-state index contributed by atoms with van der Waals surface area (Å²) in [6, 6.07) is 0. The summed E-state index contributed by atoms with van der Waals surface area (Å²) in [5.41, 5.74) is 0.